The van der Waals surface area contributed by atoms with Crippen molar-refractivity contribution in [2.75, 3.05) is 6.61 Å². The molecule has 146 valence electrons. The second-order valence-corrected chi connectivity index (χ2v) is 12.1. The van der Waals surface area contributed by atoms with E-state index in [2.05, 4.69) is 48.1 Å². The Morgan fingerprint density at radius 2 is 1.40 bits per heavy atom. The van der Waals surface area contributed by atoms with E-state index in [0.29, 0.717) is 35.0 Å². The van der Waals surface area contributed by atoms with Gasteiger partial charge in [0.05, 0.1) is 6.61 Å². The van der Waals surface area contributed by atoms with E-state index < -0.39 is 14.3 Å². The summed E-state index contributed by atoms with van der Waals surface area (Å²) in [5, 5.41) is 0. The molecule has 0 radical (unpaired) electrons. The fraction of sp³-hybridized carbons (Fsp3) is 0.800. The van der Waals surface area contributed by atoms with Crippen molar-refractivity contribution < 1.29 is 18.8 Å². The summed E-state index contributed by atoms with van der Waals surface area (Å²) < 4.78 is 11.3. The molecule has 0 aliphatic heterocycles. The van der Waals surface area contributed by atoms with Crippen molar-refractivity contribution in [3.8, 4) is 0 Å². The standard InChI is InChI=1S/C20H38O4Si/c1-9-16(6)25(17(7)10-2,18(8)11-3)24-19(21)13-12-14-23-20(22)15(4)5/h16-18H,4,9-14H2,1-3,5-8H3. The fourth-order valence-electron chi connectivity index (χ4n) is 3.47. The van der Waals surface area contributed by atoms with Crippen LogP contribution >= 0.6 is 0 Å². The lowest BCUT2D eigenvalue weighted by atomic mass is 10.3. The molecule has 0 rings (SSSR count). The third-order valence-corrected chi connectivity index (χ3v) is 12.0. The molecule has 25 heavy (non-hydrogen) atoms. The molecule has 0 fully saturated rings. The molecular weight excluding hydrogens is 332 g/mol. The molecule has 0 spiro atoms. The van der Waals surface area contributed by atoms with E-state index in [1.165, 1.54) is 0 Å². The first-order valence-electron chi connectivity index (χ1n) is 9.71. The van der Waals surface area contributed by atoms with Gasteiger partial charge < -0.3 is 9.16 Å². The first-order valence-corrected chi connectivity index (χ1v) is 11.9. The lowest BCUT2D eigenvalue weighted by Gasteiger charge is -2.44. The first-order chi connectivity index (χ1) is 11.7. The van der Waals surface area contributed by atoms with E-state index in [4.69, 9.17) is 9.16 Å². The highest BCUT2D eigenvalue weighted by Gasteiger charge is 2.51. The SMILES string of the molecule is C=C(C)C(=O)OCCCC(=O)O[Si](C(C)CC)(C(C)CC)C(C)CC. The van der Waals surface area contributed by atoms with Crippen LogP contribution < -0.4 is 0 Å². The van der Waals surface area contributed by atoms with Crippen molar-refractivity contribution in [1.29, 1.82) is 0 Å². The van der Waals surface area contributed by atoms with E-state index >= 15 is 0 Å². The molecule has 0 heterocycles. The molecule has 0 saturated heterocycles. The fourth-order valence-corrected chi connectivity index (χ4v) is 9.40. The number of carbonyl (C=O) groups excluding carboxylic acids is 2. The third-order valence-electron chi connectivity index (χ3n) is 5.55. The van der Waals surface area contributed by atoms with Gasteiger partial charge in [0, 0.05) is 12.0 Å². The number of carbonyl (C=O) groups is 2. The molecule has 5 heteroatoms. The lowest BCUT2D eigenvalue weighted by Crippen LogP contribution is -2.51. The average Bonchev–Trinajstić information content (AvgIpc) is 2.60. The molecule has 0 bridgehead atoms. The average molecular weight is 371 g/mol. The second kappa shape index (κ2) is 11.5. The van der Waals surface area contributed by atoms with Crippen molar-refractivity contribution in [3.63, 3.8) is 0 Å². The summed E-state index contributed by atoms with van der Waals surface area (Å²) in [6.45, 7) is 18.7. The maximum atomic E-state index is 12.6. The van der Waals surface area contributed by atoms with Gasteiger partial charge in [-0.05, 0) is 30.0 Å². The minimum absolute atomic E-state index is 0.140. The van der Waals surface area contributed by atoms with E-state index in [0.717, 1.165) is 19.3 Å². The van der Waals surface area contributed by atoms with Crippen LogP contribution in [0, 0.1) is 0 Å². The summed E-state index contributed by atoms with van der Waals surface area (Å²) in [7, 11) is -2.24. The van der Waals surface area contributed by atoms with Gasteiger partial charge in [-0.1, -0.05) is 67.4 Å². The summed E-state index contributed by atoms with van der Waals surface area (Å²) in [4.78, 5) is 23.9. The van der Waals surface area contributed by atoms with Gasteiger partial charge in [0.1, 0.15) is 0 Å². The predicted octanol–water partition coefficient (Wildman–Crippen LogP) is 5.77. The van der Waals surface area contributed by atoms with Gasteiger partial charge in [-0.15, -0.1) is 0 Å². The topological polar surface area (TPSA) is 52.6 Å². The van der Waals surface area contributed by atoms with Gasteiger partial charge >= 0.3 is 5.97 Å². The van der Waals surface area contributed by atoms with Crippen LogP contribution in [0.25, 0.3) is 0 Å². The minimum atomic E-state index is -2.24. The molecule has 0 saturated carbocycles. The van der Waals surface area contributed by atoms with Gasteiger partial charge in [-0.25, -0.2) is 4.79 Å². The Balaban J connectivity index is 4.97. The Morgan fingerprint density at radius 1 is 0.960 bits per heavy atom. The zero-order valence-electron chi connectivity index (χ0n) is 17.3. The highest BCUT2D eigenvalue weighted by molar-refractivity contribution is 6.79. The van der Waals surface area contributed by atoms with Gasteiger partial charge in [0.15, 0.2) is 0 Å². The summed E-state index contributed by atoms with van der Waals surface area (Å²) in [6, 6.07) is 0. The normalized spacial score (nSPS) is 17.1. The summed E-state index contributed by atoms with van der Waals surface area (Å²) >= 11 is 0. The molecular formula is C20H38O4Si. The van der Waals surface area contributed by atoms with Crippen molar-refractivity contribution in [3.05, 3.63) is 12.2 Å². The van der Waals surface area contributed by atoms with Crippen LogP contribution in [0.1, 0.15) is 80.6 Å². The van der Waals surface area contributed by atoms with Crippen LogP contribution in [0.15, 0.2) is 12.2 Å². The molecule has 0 aromatic carbocycles. The second-order valence-electron chi connectivity index (χ2n) is 7.28. The van der Waals surface area contributed by atoms with Crippen LogP contribution in [0.3, 0.4) is 0 Å². The highest BCUT2D eigenvalue weighted by Crippen LogP contribution is 2.47. The smallest absolute Gasteiger partial charge is 0.333 e. The molecule has 0 amide bonds. The molecule has 3 atom stereocenters. The van der Waals surface area contributed by atoms with Crippen molar-refractivity contribution >= 4 is 20.3 Å². The van der Waals surface area contributed by atoms with E-state index in [1.807, 2.05) is 0 Å². The predicted molar refractivity (Wildman–Crippen MR) is 106 cm³/mol. The zero-order valence-corrected chi connectivity index (χ0v) is 18.3. The number of hydrogen-bond acceptors (Lipinski definition) is 4. The Labute approximate surface area is 155 Å². The van der Waals surface area contributed by atoms with Crippen molar-refractivity contribution in [2.24, 2.45) is 0 Å². The van der Waals surface area contributed by atoms with E-state index in [1.54, 1.807) is 6.92 Å². The van der Waals surface area contributed by atoms with E-state index in [9.17, 15) is 9.59 Å². The Bertz CT molecular complexity index is 420. The van der Waals surface area contributed by atoms with Gasteiger partial charge in [-0.3, -0.25) is 4.79 Å². The Hall–Kier alpha value is -1.10. The monoisotopic (exact) mass is 370 g/mol. The van der Waals surface area contributed by atoms with Crippen LogP contribution in [0.4, 0.5) is 0 Å². The molecule has 0 N–H and O–H groups in total. The Kier molecular flexibility index (Phi) is 11.0. The largest absolute Gasteiger partial charge is 0.518 e. The maximum Gasteiger partial charge on any atom is 0.333 e. The maximum absolute atomic E-state index is 12.6. The molecule has 3 unspecified atom stereocenters. The Morgan fingerprint density at radius 3 is 1.76 bits per heavy atom. The number of ether oxygens (including phenoxy) is 1. The van der Waals surface area contributed by atoms with Crippen molar-refractivity contribution in [2.45, 2.75) is 97.2 Å². The summed E-state index contributed by atoms with van der Waals surface area (Å²) in [5.74, 6) is -0.546. The minimum Gasteiger partial charge on any atom is -0.518 e. The van der Waals surface area contributed by atoms with Crippen molar-refractivity contribution in [1.82, 2.24) is 0 Å². The van der Waals surface area contributed by atoms with Crippen LogP contribution in [-0.2, 0) is 18.8 Å². The highest BCUT2D eigenvalue weighted by atomic mass is 28.4. The zero-order chi connectivity index (χ0) is 19.6. The summed E-state index contributed by atoms with van der Waals surface area (Å²) in [5.41, 5.74) is 1.67. The molecule has 4 nitrogen and oxygen atoms in total. The molecule has 0 aliphatic carbocycles. The molecule has 0 aromatic rings. The van der Waals surface area contributed by atoms with Gasteiger partial charge in [0.25, 0.3) is 14.3 Å². The quantitative estimate of drug-likeness (QED) is 0.189. The number of rotatable bonds is 12. The first kappa shape index (κ1) is 23.9. The van der Waals surface area contributed by atoms with Gasteiger partial charge in [0.2, 0.25) is 0 Å². The lowest BCUT2D eigenvalue weighted by molar-refractivity contribution is -0.141. The van der Waals surface area contributed by atoms with Crippen LogP contribution in [0.2, 0.25) is 16.6 Å². The van der Waals surface area contributed by atoms with Gasteiger partial charge in [-0.2, -0.15) is 0 Å². The molecule has 0 aromatic heterocycles. The van der Waals surface area contributed by atoms with Crippen LogP contribution in [0.5, 0.6) is 0 Å². The third kappa shape index (κ3) is 6.61. The van der Waals surface area contributed by atoms with E-state index in [-0.39, 0.29) is 12.6 Å². The number of hydrogen-bond donors (Lipinski definition) is 0. The van der Waals surface area contributed by atoms with Crippen LogP contribution in [-0.4, -0.2) is 26.9 Å². The number of esters is 1. The summed E-state index contributed by atoms with van der Waals surface area (Å²) in [6.07, 6.45) is 3.88. The molecule has 0 aliphatic rings.